The predicted octanol–water partition coefficient (Wildman–Crippen LogP) is 4.51. The van der Waals surface area contributed by atoms with Crippen molar-refractivity contribution in [2.24, 2.45) is 0 Å². The Morgan fingerprint density at radius 2 is 1.94 bits per heavy atom. The maximum atomic E-state index is 13.4. The van der Waals surface area contributed by atoms with Gasteiger partial charge in [0.05, 0.1) is 19.3 Å². The molecule has 3 aromatic rings. The molecule has 3 N–H and O–H groups in total. The fraction of sp³-hybridized carbons (Fsp3) is 0.333. The van der Waals surface area contributed by atoms with Crippen molar-refractivity contribution in [1.29, 1.82) is 0 Å². The number of benzene rings is 2. The molecule has 1 unspecified atom stereocenters. The Hall–Kier alpha value is -3.23. The van der Waals surface area contributed by atoms with Crippen LogP contribution in [0.2, 0.25) is 5.02 Å². The number of ether oxygens (including phenoxy) is 2. The number of aromatic hydroxyl groups is 2. The summed E-state index contributed by atoms with van der Waals surface area (Å²) in [6.45, 7) is 4.89. The highest BCUT2D eigenvalue weighted by molar-refractivity contribution is 6.31. The van der Waals surface area contributed by atoms with E-state index in [1.165, 1.54) is 19.2 Å². The van der Waals surface area contributed by atoms with Crippen molar-refractivity contribution in [3.8, 4) is 28.5 Å². The minimum absolute atomic E-state index is 0.00239. The lowest BCUT2D eigenvalue weighted by Gasteiger charge is -2.27. The van der Waals surface area contributed by atoms with E-state index in [1.807, 2.05) is 13.8 Å². The molecule has 1 aromatic heterocycles. The maximum absolute atomic E-state index is 13.4. The van der Waals surface area contributed by atoms with Gasteiger partial charge in [-0.2, -0.15) is 5.10 Å². The first-order valence-electron chi connectivity index (χ1n) is 10.7. The normalized spacial score (nSPS) is 15.4. The molecule has 1 aliphatic rings. The van der Waals surface area contributed by atoms with E-state index in [4.69, 9.17) is 21.1 Å². The van der Waals surface area contributed by atoms with Crippen LogP contribution in [0, 0.1) is 0 Å². The number of fused-ring (bicyclic) bond motifs is 1. The van der Waals surface area contributed by atoms with E-state index in [9.17, 15) is 15.0 Å². The van der Waals surface area contributed by atoms with Crippen LogP contribution in [0.4, 0.5) is 0 Å². The zero-order valence-electron chi connectivity index (χ0n) is 18.6. The first-order valence-corrected chi connectivity index (χ1v) is 11.1. The number of nitrogens with zero attached hydrogens (tertiary/aromatic N) is 2. The van der Waals surface area contributed by atoms with Gasteiger partial charge in [0.25, 0.3) is 5.91 Å². The van der Waals surface area contributed by atoms with Gasteiger partial charge in [-0.3, -0.25) is 9.89 Å². The highest BCUT2D eigenvalue weighted by Crippen LogP contribution is 2.46. The summed E-state index contributed by atoms with van der Waals surface area (Å²) in [5.41, 5.74) is 2.59. The number of methoxy groups -OCH3 is 1. The largest absolute Gasteiger partial charge is 0.507 e. The molecule has 2 heterocycles. The molecule has 174 valence electrons. The molecule has 8 nitrogen and oxygen atoms in total. The summed E-state index contributed by atoms with van der Waals surface area (Å²) in [6.07, 6.45) is 0.747. The molecule has 0 saturated heterocycles. The zero-order chi connectivity index (χ0) is 23.7. The quantitative estimate of drug-likeness (QED) is 0.417. The average molecular weight is 472 g/mol. The van der Waals surface area contributed by atoms with Crippen LogP contribution in [0.15, 0.2) is 36.4 Å². The second-order valence-electron chi connectivity index (χ2n) is 8.13. The van der Waals surface area contributed by atoms with E-state index < -0.39 is 6.04 Å². The van der Waals surface area contributed by atoms with Gasteiger partial charge in [0.15, 0.2) is 11.5 Å². The lowest BCUT2D eigenvalue weighted by Crippen LogP contribution is -2.31. The monoisotopic (exact) mass is 471 g/mol. The highest BCUT2D eigenvalue weighted by atomic mass is 35.5. The summed E-state index contributed by atoms with van der Waals surface area (Å²) < 4.78 is 10.9. The highest BCUT2D eigenvalue weighted by Gasteiger charge is 2.42. The fourth-order valence-corrected chi connectivity index (χ4v) is 4.27. The molecule has 4 rings (SSSR count). The standard InChI is InChI=1S/C24H26ClN3O5/c1-13(2)33-10-4-9-28-23(14-5-7-18(30)19(11-14)32-3)20-21(26-27-22(20)24(28)31)16-12-15(25)6-8-17(16)29/h5-8,11-13,23,29-30H,4,9-10H2,1-3H3,(H,26,27). The van der Waals surface area contributed by atoms with Gasteiger partial charge in [-0.15, -0.1) is 0 Å². The SMILES string of the molecule is COc1cc(C2c3c(-c4cc(Cl)ccc4O)n[nH]c3C(=O)N2CCCOC(C)C)ccc1O. The summed E-state index contributed by atoms with van der Waals surface area (Å²) in [5, 5.41) is 28.2. The summed E-state index contributed by atoms with van der Waals surface area (Å²) in [7, 11) is 1.47. The summed E-state index contributed by atoms with van der Waals surface area (Å²) in [5.74, 6) is 0.105. The minimum atomic E-state index is -0.506. The molecule has 1 atom stereocenters. The summed E-state index contributed by atoms with van der Waals surface area (Å²) >= 11 is 6.18. The number of aromatic amines is 1. The Labute approximate surface area is 196 Å². The molecule has 0 saturated carbocycles. The maximum Gasteiger partial charge on any atom is 0.273 e. The van der Waals surface area contributed by atoms with Crippen molar-refractivity contribution < 1.29 is 24.5 Å². The van der Waals surface area contributed by atoms with Gasteiger partial charge in [-0.1, -0.05) is 17.7 Å². The van der Waals surface area contributed by atoms with Crippen molar-refractivity contribution in [2.75, 3.05) is 20.3 Å². The Kier molecular flexibility index (Phi) is 6.49. The van der Waals surface area contributed by atoms with Gasteiger partial charge in [0, 0.05) is 29.3 Å². The van der Waals surface area contributed by atoms with E-state index in [0.29, 0.717) is 52.9 Å². The molecule has 1 aliphatic heterocycles. The Morgan fingerprint density at radius 3 is 2.67 bits per heavy atom. The summed E-state index contributed by atoms with van der Waals surface area (Å²) in [4.78, 5) is 15.1. The number of hydrogen-bond donors (Lipinski definition) is 3. The third-order valence-corrected chi connectivity index (χ3v) is 5.83. The molecular formula is C24H26ClN3O5. The van der Waals surface area contributed by atoms with Gasteiger partial charge in [0.1, 0.15) is 17.1 Å². The first kappa shape index (κ1) is 22.9. The average Bonchev–Trinajstić information content (AvgIpc) is 3.32. The molecule has 0 radical (unpaired) electrons. The number of hydrogen-bond acceptors (Lipinski definition) is 6. The van der Waals surface area contributed by atoms with E-state index in [0.717, 1.165) is 5.56 Å². The molecule has 0 fully saturated rings. The Bertz CT molecular complexity index is 1180. The molecule has 2 aromatic carbocycles. The number of halogens is 1. The van der Waals surface area contributed by atoms with Crippen LogP contribution in [-0.2, 0) is 4.74 Å². The van der Waals surface area contributed by atoms with E-state index in [1.54, 1.807) is 29.2 Å². The number of amides is 1. The third kappa shape index (κ3) is 4.36. The van der Waals surface area contributed by atoms with Crippen LogP contribution in [-0.4, -0.2) is 57.6 Å². The van der Waals surface area contributed by atoms with Crippen molar-refractivity contribution in [1.82, 2.24) is 15.1 Å². The number of carbonyl (C=O) groups excluding carboxylic acids is 1. The number of aromatic nitrogens is 2. The molecule has 0 spiro atoms. The topological polar surface area (TPSA) is 108 Å². The van der Waals surface area contributed by atoms with E-state index in [2.05, 4.69) is 10.2 Å². The number of H-pyrrole nitrogens is 1. The molecular weight excluding hydrogens is 446 g/mol. The molecule has 0 bridgehead atoms. The third-order valence-electron chi connectivity index (χ3n) is 5.59. The van der Waals surface area contributed by atoms with Crippen LogP contribution < -0.4 is 4.74 Å². The fourth-order valence-electron chi connectivity index (χ4n) is 4.10. The van der Waals surface area contributed by atoms with Gasteiger partial charge in [0.2, 0.25) is 0 Å². The van der Waals surface area contributed by atoms with Crippen LogP contribution >= 0.6 is 11.6 Å². The summed E-state index contributed by atoms with van der Waals surface area (Å²) in [6, 6.07) is 9.18. The van der Waals surface area contributed by atoms with Crippen molar-refractivity contribution in [3.63, 3.8) is 0 Å². The number of rotatable bonds is 8. The number of phenolic OH excluding ortho intramolecular Hbond substituents is 2. The van der Waals surface area contributed by atoms with Crippen LogP contribution in [0.1, 0.15) is 47.9 Å². The lowest BCUT2D eigenvalue weighted by atomic mass is 9.95. The second kappa shape index (κ2) is 9.33. The van der Waals surface area contributed by atoms with E-state index >= 15 is 0 Å². The van der Waals surface area contributed by atoms with Crippen molar-refractivity contribution in [2.45, 2.75) is 32.4 Å². The van der Waals surface area contributed by atoms with Crippen LogP contribution in [0.25, 0.3) is 11.3 Å². The Balaban J connectivity index is 1.80. The lowest BCUT2D eigenvalue weighted by molar-refractivity contribution is 0.0601. The number of nitrogens with one attached hydrogen (secondary N) is 1. The second-order valence-corrected chi connectivity index (χ2v) is 8.56. The molecule has 9 heteroatoms. The van der Waals surface area contributed by atoms with Gasteiger partial charge in [-0.05, 0) is 56.2 Å². The van der Waals surface area contributed by atoms with Crippen molar-refractivity contribution >= 4 is 17.5 Å². The molecule has 1 amide bonds. The number of phenols is 2. The molecule has 33 heavy (non-hydrogen) atoms. The van der Waals surface area contributed by atoms with Gasteiger partial charge in [-0.25, -0.2) is 0 Å². The van der Waals surface area contributed by atoms with E-state index in [-0.39, 0.29) is 23.5 Å². The molecule has 0 aliphatic carbocycles. The zero-order valence-corrected chi connectivity index (χ0v) is 19.4. The van der Waals surface area contributed by atoms with Crippen LogP contribution in [0.3, 0.4) is 0 Å². The first-order chi connectivity index (χ1) is 15.8. The predicted molar refractivity (Wildman–Crippen MR) is 124 cm³/mol. The van der Waals surface area contributed by atoms with Gasteiger partial charge >= 0.3 is 0 Å². The smallest absolute Gasteiger partial charge is 0.273 e. The van der Waals surface area contributed by atoms with Crippen LogP contribution in [0.5, 0.6) is 17.2 Å². The Morgan fingerprint density at radius 1 is 1.18 bits per heavy atom. The van der Waals surface area contributed by atoms with Gasteiger partial charge < -0.3 is 24.6 Å². The van der Waals surface area contributed by atoms with Crippen molar-refractivity contribution in [3.05, 3.63) is 58.2 Å². The number of carbonyl (C=O) groups is 1. The minimum Gasteiger partial charge on any atom is -0.507 e.